The van der Waals surface area contributed by atoms with Crippen LogP contribution in [0.15, 0.2) is 30.6 Å². The van der Waals surface area contributed by atoms with Gasteiger partial charge < -0.3 is 14.4 Å². The number of ether oxygens (including phenoxy) is 1. The fourth-order valence-electron chi connectivity index (χ4n) is 2.34. The number of benzene rings is 1. The predicted octanol–water partition coefficient (Wildman–Crippen LogP) is 1.98. The van der Waals surface area contributed by atoms with Gasteiger partial charge in [-0.3, -0.25) is 0 Å². The van der Waals surface area contributed by atoms with Crippen LogP contribution < -0.4 is 4.74 Å². The van der Waals surface area contributed by atoms with Crippen molar-refractivity contribution in [1.29, 1.82) is 0 Å². The van der Waals surface area contributed by atoms with Crippen LogP contribution in [0.25, 0.3) is 0 Å². The van der Waals surface area contributed by atoms with Crippen molar-refractivity contribution in [2.75, 3.05) is 0 Å². The lowest BCUT2D eigenvalue weighted by Crippen LogP contribution is -2.03. The normalized spacial score (nSPS) is 17.8. The number of aromatic nitrogens is 2. The number of hydrogen-bond acceptors (Lipinski definition) is 3. The van der Waals surface area contributed by atoms with E-state index >= 15 is 0 Å². The van der Waals surface area contributed by atoms with Crippen molar-refractivity contribution in [2.24, 2.45) is 7.05 Å². The second-order valence-electron chi connectivity index (χ2n) is 4.66. The van der Waals surface area contributed by atoms with E-state index in [1.54, 1.807) is 6.20 Å². The standard InChI is InChI=1S/C14H16N2O2/c1-16-7-6-15-14(16)9-18-11-3-4-12-10(8-11)2-5-13(12)17/h3-4,6-8,13,17H,2,5,9H2,1H3/t13-/m0/s1. The molecule has 1 aromatic heterocycles. The van der Waals surface area contributed by atoms with Crippen LogP contribution in [0, 0.1) is 0 Å². The average molecular weight is 244 g/mol. The van der Waals surface area contributed by atoms with Gasteiger partial charge in [-0.05, 0) is 36.1 Å². The Balaban J connectivity index is 1.73. The zero-order chi connectivity index (χ0) is 12.5. The van der Waals surface area contributed by atoms with E-state index in [0.717, 1.165) is 30.0 Å². The van der Waals surface area contributed by atoms with Gasteiger partial charge in [0.25, 0.3) is 0 Å². The lowest BCUT2D eigenvalue weighted by Gasteiger charge is -2.09. The number of rotatable bonds is 3. The smallest absolute Gasteiger partial charge is 0.146 e. The molecule has 2 aromatic rings. The Morgan fingerprint density at radius 3 is 3.17 bits per heavy atom. The van der Waals surface area contributed by atoms with Gasteiger partial charge in [0.05, 0.1) is 6.10 Å². The van der Waals surface area contributed by atoms with E-state index in [-0.39, 0.29) is 6.10 Å². The Morgan fingerprint density at radius 1 is 1.50 bits per heavy atom. The van der Waals surface area contributed by atoms with Crippen LogP contribution in [0.2, 0.25) is 0 Å². The highest BCUT2D eigenvalue weighted by Crippen LogP contribution is 2.33. The number of fused-ring (bicyclic) bond motifs is 1. The molecular formula is C14H16N2O2. The molecule has 0 radical (unpaired) electrons. The second kappa shape index (κ2) is 4.46. The maximum absolute atomic E-state index is 9.73. The quantitative estimate of drug-likeness (QED) is 0.898. The molecule has 4 nitrogen and oxygen atoms in total. The van der Waals surface area contributed by atoms with Gasteiger partial charge in [-0.15, -0.1) is 0 Å². The summed E-state index contributed by atoms with van der Waals surface area (Å²) < 4.78 is 7.67. The molecule has 94 valence electrons. The Hall–Kier alpha value is -1.81. The number of nitrogens with zero attached hydrogens (tertiary/aromatic N) is 2. The van der Waals surface area contributed by atoms with E-state index in [2.05, 4.69) is 4.98 Å². The van der Waals surface area contributed by atoms with Crippen molar-refractivity contribution in [1.82, 2.24) is 9.55 Å². The maximum Gasteiger partial charge on any atom is 0.146 e. The third-order valence-electron chi connectivity index (χ3n) is 3.45. The topological polar surface area (TPSA) is 47.3 Å². The van der Waals surface area contributed by atoms with E-state index in [1.165, 1.54) is 5.56 Å². The van der Waals surface area contributed by atoms with Gasteiger partial charge in [0.1, 0.15) is 18.2 Å². The fraction of sp³-hybridized carbons (Fsp3) is 0.357. The van der Waals surface area contributed by atoms with E-state index in [9.17, 15) is 5.11 Å². The molecule has 1 atom stereocenters. The van der Waals surface area contributed by atoms with Gasteiger partial charge >= 0.3 is 0 Å². The van der Waals surface area contributed by atoms with Crippen LogP contribution in [-0.4, -0.2) is 14.7 Å². The minimum absolute atomic E-state index is 0.302. The molecule has 1 N–H and O–H groups in total. The molecule has 0 spiro atoms. The van der Waals surface area contributed by atoms with Crippen molar-refractivity contribution < 1.29 is 9.84 Å². The van der Waals surface area contributed by atoms with E-state index in [4.69, 9.17) is 4.74 Å². The zero-order valence-corrected chi connectivity index (χ0v) is 10.3. The first-order chi connectivity index (χ1) is 8.74. The van der Waals surface area contributed by atoms with Crippen LogP contribution >= 0.6 is 0 Å². The molecule has 4 heteroatoms. The SMILES string of the molecule is Cn1ccnc1COc1ccc2c(c1)CC[C@@H]2O. The van der Waals surface area contributed by atoms with Gasteiger partial charge in [0, 0.05) is 19.4 Å². The molecule has 1 aliphatic rings. The molecule has 0 unspecified atom stereocenters. The van der Waals surface area contributed by atoms with Gasteiger partial charge in [-0.25, -0.2) is 4.98 Å². The highest BCUT2D eigenvalue weighted by Gasteiger charge is 2.20. The summed E-state index contributed by atoms with van der Waals surface area (Å²) in [6.45, 7) is 0.463. The lowest BCUT2D eigenvalue weighted by atomic mass is 10.1. The molecule has 1 aromatic carbocycles. The van der Waals surface area contributed by atoms with Crippen LogP contribution in [-0.2, 0) is 20.1 Å². The maximum atomic E-state index is 9.73. The van der Waals surface area contributed by atoms with Crippen LogP contribution in [0.3, 0.4) is 0 Å². The van der Waals surface area contributed by atoms with E-state index < -0.39 is 0 Å². The number of aliphatic hydroxyl groups is 1. The highest BCUT2D eigenvalue weighted by atomic mass is 16.5. The van der Waals surface area contributed by atoms with E-state index in [1.807, 2.05) is 36.0 Å². The number of aryl methyl sites for hydroxylation is 2. The van der Waals surface area contributed by atoms with Crippen molar-refractivity contribution in [3.05, 3.63) is 47.5 Å². The van der Waals surface area contributed by atoms with Crippen molar-refractivity contribution in [2.45, 2.75) is 25.6 Å². The Labute approximate surface area is 106 Å². The molecule has 1 heterocycles. The number of hydrogen-bond donors (Lipinski definition) is 1. The van der Waals surface area contributed by atoms with Crippen LogP contribution in [0.5, 0.6) is 5.75 Å². The molecule has 0 saturated heterocycles. The summed E-state index contributed by atoms with van der Waals surface area (Å²) in [5.74, 6) is 1.74. The second-order valence-corrected chi connectivity index (χ2v) is 4.66. The molecule has 1 aliphatic carbocycles. The largest absolute Gasteiger partial charge is 0.486 e. The summed E-state index contributed by atoms with van der Waals surface area (Å²) in [5, 5.41) is 9.73. The molecule has 0 amide bonds. The van der Waals surface area contributed by atoms with Gasteiger partial charge in [-0.1, -0.05) is 6.07 Å². The summed E-state index contributed by atoms with van der Waals surface area (Å²) in [5.41, 5.74) is 2.24. The number of aliphatic hydroxyl groups excluding tert-OH is 1. The van der Waals surface area contributed by atoms with Gasteiger partial charge in [-0.2, -0.15) is 0 Å². The molecule has 0 bridgehead atoms. The summed E-state index contributed by atoms with van der Waals surface area (Å²) in [6.07, 6.45) is 5.10. The molecule has 0 aliphatic heterocycles. The lowest BCUT2D eigenvalue weighted by molar-refractivity contribution is 0.180. The Bertz CT molecular complexity index is 563. The van der Waals surface area contributed by atoms with E-state index in [0.29, 0.717) is 6.61 Å². The first kappa shape index (κ1) is 11.3. The molecular weight excluding hydrogens is 228 g/mol. The van der Waals surface area contributed by atoms with Crippen molar-refractivity contribution in [3.63, 3.8) is 0 Å². The summed E-state index contributed by atoms with van der Waals surface area (Å²) in [6, 6.07) is 5.89. The van der Waals surface area contributed by atoms with Gasteiger partial charge in [0.15, 0.2) is 0 Å². The minimum atomic E-state index is -0.302. The fourth-order valence-corrected chi connectivity index (χ4v) is 2.34. The summed E-state index contributed by atoms with van der Waals surface area (Å²) in [4.78, 5) is 4.21. The molecule has 18 heavy (non-hydrogen) atoms. The van der Waals surface area contributed by atoms with Crippen molar-refractivity contribution in [3.8, 4) is 5.75 Å². The van der Waals surface area contributed by atoms with Crippen molar-refractivity contribution >= 4 is 0 Å². The monoisotopic (exact) mass is 244 g/mol. The third kappa shape index (κ3) is 1.99. The Morgan fingerprint density at radius 2 is 2.39 bits per heavy atom. The zero-order valence-electron chi connectivity index (χ0n) is 10.3. The summed E-state index contributed by atoms with van der Waals surface area (Å²) >= 11 is 0. The summed E-state index contributed by atoms with van der Waals surface area (Å²) in [7, 11) is 1.95. The van der Waals surface area contributed by atoms with Crippen LogP contribution in [0.1, 0.15) is 29.5 Å². The molecule has 0 fully saturated rings. The van der Waals surface area contributed by atoms with Crippen LogP contribution in [0.4, 0.5) is 0 Å². The highest BCUT2D eigenvalue weighted by molar-refractivity contribution is 5.39. The third-order valence-corrected chi connectivity index (χ3v) is 3.45. The molecule has 3 rings (SSSR count). The number of imidazole rings is 1. The predicted molar refractivity (Wildman–Crippen MR) is 67.3 cm³/mol. The Kier molecular flexibility index (Phi) is 2.80. The van der Waals surface area contributed by atoms with Gasteiger partial charge in [0.2, 0.25) is 0 Å². The molecule has 0 saturated carbocycles. The average Bonchev–Trinajstić information content (AvgIpc) is 2.94. The first-order valence-electron chi connectivity index (χ1n) is 6.14. The first-order valence-corrected chi connectivity index (χ1v) is 6.14. The minimum Gasteiger partial charge on any atom is -0.486 e.